The minimum atomic E-state index is 0.640. The molecule has 2 heterocycles. The average Bonchev–Trinajstić information content (AvgIpc) is 3.11. The molecule has 3 aromatic rings. The van der Waals surface area contributed by atoms with E-state index in [-0.39, 0.29) is 0 Å². The van der Waals surface area contributed by atoms with Crippen LogP contribution in [0.3, 0.4) is 0 Å². The van der Waals surface area contributed by atoms with Crippen LogP contribution in [0.5, 0.6) is 0 Å². The Bertz CT molecular complexity index is 865. The fourth-order valence-electron chi connectivity index (χ4n) is 2.47. The van der Waals surface area contributed by atoms with Crippen LogP contribution in [-0.2, 0) is 13.1 Å². The van der Waals surface area contributed by atoms with Crippen molar-refractivity contribution in [3.63, 3.8) is 0 Å². The van der Waals surface area contributed by atoms with E-state index in [2.05, 4.69) is 37.0 Å². The molecule has 0 aliphatic rings. The molecule has 130 valence electrons. The number of guanidine groups is 1. The van der Waals surface area contributed by atoms with Gasteiger partial charge in [-0.15, -0.1) is 11.3 Å². The monoisotopic (exact) mass is 354 g/mol. The van der Waals surface area contributed by atoms with Crippen molar-refractivity contribution in [3.8, 4) is 0 Å². The molecular weight excluding hydrogens is 332 g/mol. The van der Waals surface area contributed by atoms with Gasteiger partial charge in [0.2, 0.25) is 0 Å². The summed E-state index contributed by atoms with van der Waals surface area (Å²) in [5, 5.41) is 10.9. The van der Waals surface area contributed by atoms with Crippen LogP contribution in [0.1, 0.15) is 11.3 Å². The molecule has 0 aliphatic carbocycles. The van der Waals surface area contributed by atoms with Crippen LogP contribution in [0.15, 0.2) is 46.9 Å². The van der Waals surface area contributed by atoms with Gasteiger partial charge in [-0.2, -0.15) is 0 Å². The number of anilines is 1. The lowest BCUT2D eigenvalue weighted by Gasteiger charge is -2.12. The molecule has 1 aromatic carbocycles. The van der Waals surface area contributed by atoms with Crippen molar-refractivity contribution in [2.45, 2.75) is 13.1 Å². The number of nitrogens with zero attached hydrogens (tertiary/aromatic N) is 4. The number of benzene rings is 1. The van der Waals surface area contributed by atoms with E-state index in [0.717, 1.165) is 27.7 Å². The molecule has 0 aliphatic heterocycles. The number of aliphatic imine (C=N–C) groups is 1. The van der Waals surface area contributed by atoms with Crippen LogP contribution >= 0.6 is 11.3 Å². The van der Waals surface area contributed by atoms with Gasteiger partial charge in [-0.25, -0.2) is 4.98 Å². The first-order chi connectivity index (χ1) is 12.2. The Morgan fingerprint density at radius 3 is 2.72 bits per heavy atom. The zero-order valence-electron chi connectivity index (χ0n) is 14.7. The van der Waals surface area contributed by atoms with Crippen molar-refractivity contribution in [1.82, 2.24) is 20.6 Å². The lowest BCUT2D eigenvalue weighted by Crippen LogP contribution is -2.36. The van der Waals surface area contributed by atoms with E-state index in [9.17, 15) is 0 Å². The largest absolute Gasteiger partial charge is 0.354 e. The van der Waals surface area contributed by atoms with Gasteiger partial charge in [0.15, 0.2) is 11.1 Å². The van der Waals surface area contributed by atoms with Gasteiger partial charge in [-0.1, -0.05) is 18.2 Å². The predicted molar refractivity (Wildman–Crippen MR) is 105 cm³/mol. The van der Waals surface area contributed by atoms with Gasteiger partial charge in [0.05, 0.1) is 17.8 Å². The molecular formula is C18H22N6S. The van der Waals surface area contributed by atoms with Gasteiger partial charge < -0.3 is 15.5 Å². The molecule has 25 heavy (non-hydrogen) atoms. The maximum absolute atomic E-state index is 4.57. The second-order valence-corrected chi connectivity index (χ2v) is 6.62. The third-order valence-electron chi connectivity index (χ3n) is 3.77. The van der Waals surface area contributed by atoms with Crippen LogP contribution in [0, 0.1) is 0 Å². The van der Waals surface area contributed by atoms with Crippen LogP contribution in [-0.4, -0.2) is 37.1 Å². The quantitative estimate of drug-likeness (QED) is 0.545. The highest BCUT2D eigenvalue weighted by Crippen LogP contribution is 2.18. The Balaban J connectivity index is 1.60. The summed E-state index contributed by atoms with van der Waals surface area (Å²) in [5.41, 5.74) is 3.20. The minimum absolute atomic E-state index is 0.640. The van der Waals surface area contributed by atoms with Gasteiger partial charge in [0, 0.05) is 44.7 Å². The van der Waals surface area contributed by atoms with Gasteiger partial charge in [-0.05, 0) is 17.7 Å². The number of hydrogen-bond acceptors (Lipinski definition) is 5. The first-order valence-corrected chi connectivity index (χ1v) is 8.94. The van der Waals surface area contributed by atoms with Gasteiger partial charge in [0.1, 0.15) is 0 Å². The smallest absolute Gasteiger partial charge is 0.191 e. The summed E-state index contributed by atoms with van der Waals surface area (Å²) < 4.78 is 0. The van der Waals surface area contributed by atoms with Crippen molar-refractivity contribution in [3.05, 3.63) is 53.2 Å². The fraction of sp³-hybridized carbons (Fsp3) is 0.278. The summed E-state index contributed by atoms with van der Waals surface area (Å²) >= 11 is 1.64. The van der Waals surface area contributed by atoms with Crippen LogP contribution < -0.4 is 15.5 Å². The highest BCUT2D eigenvalue weighted by atomic mass is 32.1. The molecule has 2 N–H and O–H groups in total. The minimum Gasteiger partial charge on any atom is -0.354 e. The standard InChI is InChI=1S/C18H22N6S/c1-19-17(22-11-14-12-25-18(23-14)24(2)3)21-10-13-8-9-20-16-7-5-4-6-15(13)16/h4-9,12H,10-11H2,1-3H3,(H2,19,21,22). The molecule has 0 atom stereocenters. The molecule has 0 spiro atoms. The number of fused-ring (bicyclic) bond motifs is 1. The highest BCUT2D eigenvalue weighted by Gasteiger charge is 2.06. The van der Waals surface area contributed by atoms with Crippen molar-refractivity contribution >= 4 is 33.3 Å². The predicted octanol–water partition coefficient (Wildman–Crippen LogP) is 2.62. The first kappa shape index (κ1) is 17.2. The number of aromatic nitrogens is 2. The molecule has 0 saturated heterocycles. The Morgan fingerprint density at radius 2 is 1.96 bits per heavy atom. The maximum atomic E-state index is 4.57. The van der Waals surface area contributed by atoms with E-state index in [1.807, 2.05) is 49.5 Å². The van der Waals surface area contributed by atoms with Crippen molar-refractivity contribution < 1.29 is 0 Å². The Morgan fingerprint density at radius 1 is 1.16 bits per heavy atom. The number of para-hydroxylation sites is 1. The van der Waals surface area contributed by atoms with Crippen molar-refractivity contribution in [2.75, 3.05) is 26.0 Å². The first-order valence-electron chi connectivity index (χ1n) is 8.06. The molecule has 3 rings (SSSR count). The topological polar surface area (TPSA) is 65.4 Å². The van der Waals surface area contributed by atoms with E-state index < -0.39 is 0 Å². The molecule has 0 fully saturated rings. The number of hydrogen-bond donors (Lipinski definition) is 2. The zero-order chi connectivity index (χ0) is 17.6. The average molecular weight is 354 g/mol. The molecule has 6 nitrogen and oxygen atoms in total. The molecule has 7 heteroatoms. The van der Waals surface area contributed by atoms with Crippen molar-refractivity contribution in [1.29, 1.82) is 0 Å². The Hall–Kier alpha value is -2.67. The summed E-state index contributed by atoms with van der Waals surface area (Å²) in [7, 11) is 5.76. The third-order valence-corrected chi connectivity index (χ3v) is 4.83. The molecule has 2 aromatic heterocycles. The van der Waals surface area contributed by atoms with E-state index in [4.69, 9.17) is 0 Å². The summed E-state index contributed by atoms with van der Waals surface area (Å²) in [5.74, 6) is 0.750. The summed E-state index contributed by atoms with van der Waals surface area (Å²) in [6.45, 7) is 1.32. The van der Waals surface area contributed by atoms with Crippen LogP contribution in [0.25, 0.3) is 10.9 Å². The number of rotatable bonds is 5. The van der Waals surface area contributed by atoms with Crippen molar-refractivity contribution in [2.24, 2.45) is 4.99 Å². The molecule has 0 radical (unpaired) electrons. The van der Waals surface area contributed by atoms with Gasteiger partial charge in [-0.3, -0.25) is 9.98 Å². The second-order valence-electron chi connectivity index (χ2n) is 5.78. The number of pyridine rings is 1. The van der Waals surface area contributed by atoms with Crippen LogP contribution in [0.2, 0.25) is 0 Å². The molecule has 0 unspecified atom stereocenters. The molecule has 0 amide bonds. The van der Waals surface area contributed by atoms with E-state index in [1.54, 1.807) is 18.4 Å². The molecule has 0 saturated carbocycles. The number of thiazole rings is 1. The SMILES string of the molecule is CN=C(NCc1csc(N(C)C)n1)NCc1ccnc2ccccc12. The molecule has 0 bridgehead atoms. The third kappa shape index (κ3) is 4.24. The van der Waals surface area contributed by atoms with E-state index in [0.29, 0.717) is 13.1 Å². The summed E-state index contributed by atoms with van der Waals surface area (Å²) in [4.78, 5) is 15.3. The van der Waals surface area contributed by atoms with Gasteiger partial charge in [0.25, 0.3) is 0 Å². The fourth-order valence-corrected chi connectivity index (χ4v) is 3.22. The Kier molecular flexibility index (Phi) is 5.45. The Labute approximate surface area is 151 Å². The normalized spacial score (nSPS) is 11.6. The maximum Gasteiger partial charge on any atom is 0.191 e. The van der Waals surface area contributed by atoms with Gasteiger partial charge >= 0.3 is 0 Å². The second kappa shape index (κ2) is 7.94. The summed E-state index contributed by atoms with van der Waals surface area (Å²) in [6, 6.07) is 10.2. The lowest BCUT2D eigenvalue weighted by molar-refractivity contribution is 0.799. The highest BCUT2D eigenvalue weighted by molar-refractivity contribution is 7.13. The van der Waals surface area contributed by atoms with Crippen LogP contribution in [0.4, 0.5) is 5.13 Å². The number of nitrogens with one attached hydrogen (secondary N) is 2. The van der Waals surface area contributed by atoms with E-state index in [1.165, 1.54) is 5.56 Å². The van der Waals surface area contributed by atoms with E-state index >= 15 is 0 Å². The summed E-state index contributed by atoms with van der Waals surface area (Å²) in [6.07, 6.45) is 1.84. The zero-order valence-corrected chi connectivity index (χ0v) is 15.5. The lowest BCUT2D eigenvalue weighted by atomic mass is 10.1.